The van der Waals surface area contributed by atoms with Gasteiger partial charge in [0.1, 0.15) is 5.58 Å². The molecule has 110 valence electrons. The number of hydrogen-bond donors (Lipinski definition) is 1. The van der Waals surface area contributed by atoms with Crippen LogP contribution >= 0.6 is 0 Å². The Morgan fingerprint density at radius 1 is 1.35 bits per heavy atom. The maximum Gasteiger partial charge on any atom is 0.133 e. The molecule has 3 nitrogen and oxygen atoms in total. The van der Waals surface area contributed by atoms with Gasteiger partial charge in [0.05, 0.1) is 22.0 Å². The average molecular weight is 293 g/mol. The number of hydrogen-bond acceptors (Lipinski definition) is 2. The highest BCUT2D eigenvalue weighted by Crippen LogP contribution is 2.25. The molecule has 1 unspecified atom stereocenters. The van der Waals surface area contributed by atoms with E-state index in [4.69, 9.17) is 4.42 Å². The fourth-order valence-corrected chi connectivity index (χ4v) is 3.80. The first-order valence-corrected chi connectivity index (χ1v) is 8.13. The highest BCUT2D eigenvalue weighted by atomic mass is 32.2. The third kappa shape index (κ3) is 3.49. The molecule has 0 aliphatic rings. The molecule has 0 fully saturated rings. The quantitative estimate of drug-likeness (QED) is 0.883. The first-order chi connectivity index (χ1) is 9.42. The SMILES string of the molecule is CNS(=O)C(C)(C)C[C@@H](C)Cc1ccc2occc2c1. The minimum absolute atomic E-state index is 0.214. The summed E-state index contributed by atoms with van der Waals surface area (Å²) in [6.07, 6.45) is 3.63. The predicted octanol–water partition coefficient (Wildman–Crippen LogP) is 3.66. The van der Waals surface area contributed by atoms with Crippen LogP contribution in [0.5, 0.6) is 0 Å². The molecule has 1 N–H and O–H groups in total. The van der Waals surface area contributed by atoms with Crippen LogP contribution in [0.1, 0.15) is 32.8 Å². The van der Waals surface area contributed by atoms with Gasteiger partial charge in [-0.3, -0.25) is 0 Å². The molecule has 0 aliphatic heterocycles. The van der Waals surface area contributed by atoms with Gasteiger partial charge in [-0.05, 0) is 63.4 Å². The van der Waals surface area contributed by atoms with Crippen LogP contribution in [0, 0.1) is 5.92 Å². The lowest BCUT2D eigenvalue weighted by Gasteiger charge is -2.26. The molecule has 1 heterocycles. The Kier molecular flexibility index (Phi) is 4.66. The van der Waals surface area contributed by atoms with Gasteiger partial charge in [-0.25, -0.2) is 8.93 Å². The van der Waals surface area contributed by atoms with E-state index in [1.54, 1.807) is 13.3 Å². The Balaban J connectivity index is 2.03. The molecule has 0 saturated heterocycles. The van der Waals surface area contributed by atoms with E-state index >= 15 is 0 Å². The molecule has 20 heavy (non-hydrogen) atoms. The predicted molar refractivity (Wildman–Crippen MR) is 85.0 cm³/mol. The van der Waals surface area contributed by atoms with Crippen LogP contribution < -0.4 is 4.72 Å². The van der Waals surface area contributed by atoms with E-state index in [1.807, 2.05) is 12.1 Å². The molecule has 0 bridgehead atoms. The average Bonchev–Trinajstić information content (AvgIpc) is 2.84. The molecule has 0 saturated carbocycles. The van der Waals surface area contributed by atoms with Crippen molar-refractivity contribution in [3.05, 3.63) is 36.1 Å². The summed E-state index contributed by atoms with van der Waals surface area (Å²) in [6.45, 7) is 6.32. The van der Waals surface area contributed by atoms with Crippen molar-refractivity contribution < 1.29 is 8.63 Å². The van der Waals surface area contributed by atoms with E-state index in [-0.39, 0.29) is 4.75 Å². The Hall–Kier alpha value is -1.13. The summed E-state index contributed by atoms with van der Waals surface area (Å²) in [5, 5.41) is 1.15. The zero-order valence-corrected chi connectivity index (χ0v) is 13.4. The van der Waals surface area contributed by atoms with E-state index in [2.05, 4.69) is 37.6 Å². The molecule has 0 aliphatic carbocycles. The fourth-order valence-electron chi connectivity index (χ4n) is 2.81. The molecule has 2 atom stereocenters. The van der Waals surface area contributed by atoms with Gasteiger partial charge in [-0.1, -0.05) is 13.0 Å². The number of nitrogens with one attached hydrogen (secondary N) is 1. The molecular formula is C16H23NO2S. The Morgan fingerprint density at radius 3 is 2.80 bits per heavy atom. The lowest BCUT2D eigenvalue weighted by molar-refractivity contribution is 0.453. The van der Waals surface area contributed by atoms with E-state index in [1.165, 1.54) is 5.56 Å². The van der Waals surface area contributed by atoms with Crippen LogP contribution in [0.25, 0.3) is 11.0 Å². The van der Waals surface area contributed by atoms with Gasteiger partial charge in [0.15, 0.2) is 0 Å². The Morgan fingerprint density at radius 2 is 2.10 bits per heavy atom. The normalized spacial score (nSPS) is 15.4. The number of benzene rings is 1. The topological polar surface area (TPSA) is 42.2 Å². The summed E-state index contributed by atoms with van der Waals surface area (Å²) in [7, 11) is 0.749. The molecule has 1 aromatic heterocycles. The minimum atomic E-state index is -0.997. The van der Waals surface area contributed by atoms with Crippen molar-refractivity contribution in [2.24, 2.45) is 5.92 Å². The van der Waals surface area contributed by atoms with Gasteiger partial charge in [0, 0.05) is 5.39 Å². The van der Waals surface area contributed by atoms with Crippen LogP contribution in [0.2, 0.25) is 0 Å². The number of fused-ring (bicyclic) bond motifs is 1. The Bertz CT molecular complexity index is 603. The first kappa shape index (κ1) is 15.3. The highest BCUT2D eigenvalue weighted by molar-refractivity contribution is 7.84. The first-order valence-electron chi connectivity index (χ1n) is 6.98. The standard InChI is InChI=1S/C16H23NO2S/c1-12(11-16(2,3)20(18)17-4)9-13-5-6-15-14(10-13)7-8-19-15/h5-8,10,12,17H,9,11H2,1-4H3/t12-,20?/m0/s1. The smallest absolute Gasteiger partial charge is 0.133 e. The van der Waals surface area contributed by atoms with Crippen LogP contribution in [0.15, 0.2) is 34.9 Å². The molecule has 4 heteroatoms. The number of rotatable bonds is 6. The van der Waals surface area contributed by atoms with Crippen molar-refractivity contribution in [1.29, 1.82) is 0 Å². The van der Waals surface area contributed by atoms with Gasteiger partial charge in [0.2, 0.25) is 0 Å². The molecule has 0 spiro atoms. The minimum Gasteiger partial charge on any atom is -0.464 e. The van der Waals surface area contributed by atoms with Gasteiger partial charge < -0.3 is 4.42 Å². The maximum atomic E-state index is 11.9. The molecule has 1 aromatic carbocycles. The molecule has 0 radical (unpaired) electrons. The summed E-state index contributed by atoms with van der Waals surface area (Å²) in [6, 6.07) is 8.31. The maximum absolute atomic E-state index is 11.9. The molecular weight excluding hydrogens is 270 g/mol. The van der Waals surface area contributed by atoms with Crippen LogP contribution in [0.4, 0.5) is 0 Å². The summed E-state index contributed by atoms with van der Waals surface area (Å²) < 4.78 is 19.9. The zero-order chi connectivity index (χ0) is 14.8. The summed E-state index contributed by atoms with van der Waals surface area (Å²) in [4.78, 5) is 0. The summed E-state index contributed by atoms with van der Waals surface area (Å²) in [5.74, 6) is 0.478. The third-order valence-electron chi connectivity index (χ3n) is 3.63. The van der Waals surface area contributed by atoms with Crippen molar-refractivity contribution in [2.75, 3.05) is 7.05 Å². The largest absolute Gasteiger partial charge is 0.464 e. The van der Waals surface area contributed by atoms with Crippen molar-refractivity contribution in [1.82, 2.24) is 4.72 Å². The molecule has 2 aromatic rings. The third-order valence-corrected chi connectivity index (χ3v) is 5.17. The lowest BCUT2D eigenvalue weighted by atomic mass is 9.92. The summed E-state index contributed by atoms with van der Waals surface area (Å²) in [5.41, 5.74) is 2.23. The monoisotopic (exact) mass is 293 g/mol. The fraction of sp³-hybridized carbons (Fsp3) is 0.500. The van der Waals surface area contributed by atoms with Gasteiger partial charge in [-0.15, -0.1) is 0 Å². The molecule has 0 amide bonds. The second-order valence-corrected chi connectivity index (χ2v) is 8.09. The Labute approximate surface area is 123 Å². The zero-order valence-electron chi connectivity index (χ0n) is 12.6. The van der Waals surface area contributed by atoms with Crippen molar-refractivity contribution in [2.45, 2.75) is 38.4 Å². The van der Waals surface area contributed by atoms with Crippen molar-refractivity contribution in [3.8, 4) is 0 Å². The van der Waals surface area contributed by atoms with E-state index in [9.17, 15) is 4.21 Å². The van der Waals surface area contributed by atoms with Crippen molar-refractivity contribution >= 4 is 22.0 Å². The second kappa shape index (κ2) is 6.10. The highest BCUT2D eigenvalue weighted by Gasteiger charge is 2.27. The number of furan rings is 1. The van der Waals surface area contributed by atoms with Gasteiger partial charge in [0.25, 0.3) is 0 Å². The van der Waals surface area contributed by atoms with Gasteiger partial charge >= 0.3 is 0 Å². The van der Waals surface area contributed by atoms with E-state index in [0.717, 1.165) is 23.8 Å². The molecule has 2 rings (SSSR count). The second-order valence-electron chi connectivity index (χ2n) is 6.04. The summed E-state index contributed by atoms with van der Waals surface area (Å²) >= 11 is 0. The van der Waals surface area contributed by atoms with E-state index < -0.39 is 11.0 Å². The lowest BCUT2D eigenvalue weighted by Crippen LogP contribution is -2.36. The van der Waals surface area contributed by atoms with E-state index in [0.29, 0.717) is 5.92 Å². The van der Waals surface area contributed by atoms with Crippen molar-refractivity contribution in [3.63, 3.8) is 0 Å². The van der Waals surface area contributed by atoms with Crippen LogP contribution in [-0.4, -0.2) is 16.0 Å². The van der Waals surface area contributed by atoms with Gasteiger partial charge in [-0.2, -0.15) is 0 Å². The van der Waals surface area contributed by atoms with Crippen LogP contribution in [0.3, 0.4) is 0 Å². The van der Waals surface area contributed by atoms with Crippen LogP contribution in [-0.2, 0) is 17.4 Å².